The second-order valence-corrected chi connectivity index (χ2v) is 3.62. The van der Waals surface area contributed by atoms with Gasteiger partial charge in [-0.05, 0) is 11.6 Å². The Kier molecular flexibility index (Phi) is 3.17. The van der Waals surface area contributed by atoms with Crippen LogP contribution in [0.4, 0.5) is 0 Å². The standard InChI is InChI=1S/C13H8N4O/c14-7-9(8-15)6-11-12(16-17-13(11)18)10-4-2-1-3-5-10/h1-6,11H,(H,17,18). The number of hydrazone groups is 1. The first kappa shape index (κ1) is 11.6. The van der Waals surface area contributed by atoms with E-state index in [9.17, 15) is 4.79 Å². The van der Waals surface area contributed by atoms with Gasteiger partial charge in [0.1, 0.15) is 23.6 Å². The molecule has 1 aliphatic rings. The minimum Gasteiger partial charge on any atom is -0.272 e. The van der Waals surface area contributed by atoms with Crippen molar-refractivity contribution in [1.29, 1.82) is 10.5 Å². The Morgan fingerprint density at radius 2 is 1.94 bits per heavy atom. The molecular weight excluding hydrogens is 228 g/mol. The van der Waals surface area contributed by atoms with E-state index < -0.39 is 5.92 Å². The molecule has 1 aromatic carbocycles. The van der Waals surface area contributed by atoms with Crippen LogP contribution in [-0.2, 0) is 4.79 Å². The first-order chi connectivity index (χ1) is 8.76. The van der Waals surface area contributed by atoms with Crippen molar-refractivity contribution in [2.75, 3.05) is 0 Å². The quantitative estimate of drug-likeness (QED) is 0.780. The predicted molar refractivity (Wildman–Crippen MR) is 63.9 cm³/mol. The molecule has 0 bridgehead atoms. The number of hydrogen-bond acceptors (Lipinski definition) is 4. The van der Waals surface area contributed by atoms with Gasteiger partial charge in [0.2, 0.25) is 0 Å². The van der Waals surface area contributed by atoms with Gasteiger partial charge in [-0.2, -0.15) is 15.6 Å². The average Bonchev–Trinajstić information content (AvgIpc) is 2.78. The van der Waals surface area contributed by atoms with Crippen LogP contribution < -0.4 is 5.43 Å². The number of benzene rings is 1. The van der Waals surface area contributed by atoms with Crippen LogP contribution in [0.3, 0.4) is 0 Å². The summed E-state index contributed by atoms with van der Waals surface area (Å²) >= 11 is 0. The van der Waals surface area contributed by atoms with E-state index in [-0.39, 0.29) is 11.5 Å². The fraction of sp³-hybridized carbons (Fsp3) is 0.0769. The second-order valence-electron chi connectivity index (χ2n) is 3.62. The van der Waals surface area contributed by atoms with Crippen molar-refractivity contribution in [2.45, 2.75) is 0 Å². The van der Waals surface area contributed by atoms with Gasteiger partial charge in [0.15, 0.2) is 0 Å². The lowest BCUT2D eigenvalue weighted by molar-refractivity contribution is -0.121. The Labute approximate surface area is 104 Å². The molecule has 0 aromatic heterocycles. The largest absolute Gasteiger partial charge is 0.272 e. The van der Waals surface area contributed by atoms with Crippen LogP contribution in [0.5, 0.6) is 0 Å². The highest BCUT2D eigenvalue weighted by atomic mass is 16.2. The van der Waals surface area contributed by atoms with E-state index in [2.05, 4.69) is 10.5 Å². The van der Waals surface area contributed by atoms with Crippen molar-refractivity contribution in [3.05, 3.63) is 47.5 Å². The molecule has 86 valence electrons. The van der Waals surface area contributed by atoms with Gasteiger partial charge >= 0.3 is 0 Å². The number of rotatable bonds is 2. The Balaban J connectivity index is 2.39. The van der Waals surface area contributed by atoms with E-state index in [4.69, 9.17) is 10.5 Å². The normalized spacial score (nSPS) is 17.1. The lowest BCUT2D eigenvalue weighted by Gasteiger charge is -2.05. The molecule has 5 heteroatoms. The highest BCUT2D eigenvalue weighted by Gasteiger charge is 2.29. The summed E-state index contributed by atoms with van der Waals surface area (Å²) in [5.41, 5.74) is 3.56. The third-order valence-electron chi connectivity index (χ3n) is 2.51. The van der Waals surface area contributed by atoms with Gasteiger partial charge in [0.05, 0.1) is 5.71 Å². The number of hydrogen-bond donors (Lipinski definition) is 1. The molecule has 0 saturated carbocycles. The lowest BCUT2D eigenvalue weighted by Crippen LogP contribution is -2.22. The van der Waals surface area contributed by atoms with Crippen LogP contribution in [0.25, 0.3) is 0 Å². The fourth-order valence-corrected chi connectivity index (χ4v) is 1.65. The Morgan fingerprint density at radius 1 is 1.28 bits per heavy atom. The zero-order valence-electron chi connectivity index (χ0n) is 9.29. The number of carbonyl (C=O) groups excluding carboxylic acids is 1. The van der Waals surface area contributed by atoms with Crippen molar-refractivity contribution in [2.24, 2.45) is 11.0 Å². The summed E-state index contributed by atoms with van der Waals surface area (Å²) in [6.07, 6.45) is 1.33. The predicted octanol–water partition coefficient (Wildman–Crippen LogP) is 1.11. The topological polar surface area (TPSA) is 89.0 Å². The smallest absolute Gasteiger partial charge is 0.253 e. The molecule has 0 saturated heterocycles. The van der Waals surface area contributed by atoms with Crippen molar-refractivity contribution in [3.8, 4) is 12.1 Å². The molecule has 0 radical (unpaired) electrons. The molecule has 1 amide bonds. The molecule has 1 N–H and O–H groups in total. The highest BCUT2D eigenvalue weighted by molar-refractivity contribution is 6.17. The van der Waals surface area contributed by atoms with Crippen molar-refractivity contribution in [1.82, 2.24) is 5.43 Å². The lowest BCUT2D eigenvalue weighted by atomic mass is 9.95. The number of amides is 1. The fourth-order valence-electron chi connectivity index (χ4n) is 1.65. The van der Waals surface area contributed by atoms with Crippen LogP contribution in [-0.4, -0.2) is 11.6 Å². The van der Waals surface area contributed by atoms with Gasteiger partial charge in [0, 0.05) is 0 Å². The van der Waals surface area contributed by atoms with Gasteiger partial charge in [-0.1, -0.05) is 30.3 Å². The zero-order chi connectivity index (χ0) is 13.0. The van der Waals surface area contributed by atoms with Crippen LogP contribution in [0.1, 0.15) is 5.56 Å². The van der Waals surface area contributed by atoms with Crippen molar-refractivity contribution >= 4 is 11.6 Å². The highest BCUT2D eigenvalue weighted by Crippen LogP contribution is 2.17. The Hall–Kier alpha value is -2.92. The summed E-state index contributed by atoms with van der Waals surface area (Å²) < 4.78 is 0. The summed E-state index contributed by atoms with van der Waals surface area (Å²) in [5.74, 6) is -1.03. The molecule has 2 rings (SSSR count). The summed E-state index contributed by atoms with van der Waals surface area (Å²) in [5, 5.41) is 21.4. The molecule has 1 aliphatic heterocycles. The molecule has 1 aromatic rings. The monoisotopic (exact) mass is 236 g/mol. The van der Waals surface area contributed by atoms with Crippen LogP contribution in [0.15, 0.2) is 47.1 Å². The SMILES string of the molecule is N#CC(C#N)=CC1C(=O)NN=C1c1ccccc1. The van der Waals surface area contributed by atoms with Gasteiger partial charge in [-0.25, -0.2) is 5.43 Å². The molecular formula is C13H8N4O. The van der Waals surface area contributed by atoms with Gasteiger partial charge in [-0.3, -0.25) is 4.79 Å². The maximum atomic E-state index is 11.6. The average molecular weight is 236 g/mol. The van der Waals surface area contributed by atoms with E-state index >= 15 is 0 Å². The number of nitrogens with one attached hydrogen (secondary N) is 1. The minimum atomic E-state index is -0.693. The van der Waals surface area contributed by atoms with Gasteiger partial charge in [0.25, 0.3) is 5.91 Å². The van der Waals surface area contributed by atoms with Crippen molar-refractivity contribution in [3.63, 3.8) is 0 Å². The Morgan fingerprint density at radius 3 is 2.56 bits per heavy atom. The van der Waals surface area contributed by atoms with E-state index in [0.29, 0.717) is 5.71 Å². The molecule has 0 fully saturated rings. The summed E-state index contributed by atoms with van der Waals surface area (Å²) in [4.78, 5) is 11.6. The minimum absolute atomic E-state index is 0.0966. The molecule has 0 spiro atoms. The van der Waals surface area contributed by atoms with E-state index in [0.717, 1.165) is 5.56 Å². The maximum Gasteiger partial charge on any atom is 0.253 e. The van der Waals surface area contributed by atoms with Crippen LogP contribution >= 0.6 is 0 Å². The number of nitrogens with zero attached hydrogens (tertiary/aromatic N) is 3. The third kappa shape index (κ3) is 2.11. The maximum absolute atomic E-state index is 11.6. The van der Waals surface area contributed by atoms with E-state index in [1.807, 2.05) is 30.3 Å². The summed E-state index contributed by atoms with van der Waals surface area (Å²) in [6, 6.07) is 12.6. The molecule has 1 heterocycles. The summed E-state index contributed by atoms with van der Waals surface area (Å²) in [7, 11) is 0. The number of nitriles is 2. The number of carbonyl (C=O) groups is 1. The summed E-state index contributed by atoms with van der Waals surface area (Å²) in [6.45, 7) is 0. The first-order valence-electron chi connectivity index (χ1n) is 5.21. The molecule has 1 atom stereocenters. The molecule has 18 heavy (non-hydrogen) atoms. The third-order valence-corrected chi connectivity index (χ3v) is 2.51. The van der Waals surface area contributed by atoms with Crippen LogP contribution in [0, 0.1) is 28.6 Å². The van der Waals surface area contributed by atoms with Gasteiger partial charge < -0.3 is 0 Å². The number of allylic oxidation sites excluding steroid dienone is 1. The first-order valence-corrected chi connectivity index (χ1v) is 5.21. The Bertz CT molecular complexity index is 601. The molecule has 5 nitrogen and oxygen atoms in total. The second kappa shape index (κ2) is 4.94. The molecule has 0 aliphatic carbocycles. The zero-order valence-corrected chi connectivity index (χ0v) is 9.29. The van der Waals surface area contributed by atoms with Gasteiger partial charge in [-0.15, -0.1) is 0 Å². The van der Waals surface area contributed by atoms with Crippen molar-refractivity contribution < 1.29 is 4.79 Å². The molecule has 1 unspecified atom stereocenters. The van der Waals surface area contributed by atoms with E-state index in [1.54, 1.807) is 12.1 Å². The van der Waals surface area contributed by atoms with Crippen LogP contribution in [0.2, 0.25) is 0 Å². The van der Waals surface area contributed by atoms with E-state index in [1.165, 1.54) is 6.08 Å².